The minimum Gasteiger partial charge on any atom is -0.309 e. The normalized spacial score (nSPS) is 13.8. The molecule has 0 saturated carbocycles. The largest absolute Gasteiger partial charge is 0.416 e. The second-order valence-corrected chi connectivity index (χ2v) is 4.83. The van der Waals surface area contributed by atoms with E-state index in [0.717, 1.165) is 19.2 Å². The number of hydrogen-bond acceptors (Lipinski definition) is 2. The summed E-state index contributed by atoms with van der Waals surface area (Å²) >= 11 is 0. The maximum absolute atomic E-state index is 12.6. The smallest absolute Gasteiger partial charge is 0.309 e. The Morgan fingerprint density at radius 2 is 2.00 bits per heavy atom. The molecule has 0 spiro atoms. The summed E-state index contributed by atoms with van der Waals surface area (Å²) in [7, 11) is 2.02. The van der Waals surface area contributed by atoms with Gasteiger partial charge in [0.05, 0.1) is 5.56 Å². The minimum absolute atomic E-state index is 0.236. The molecule has 108 valence electrons. The Hall–Kier alpha value is -1.07. The summed E-state index contributed by atoms with van der Waals surface area (Å²) in [6, 6.07) is 5.68. The molecule has 1 rings (SSSR count). The predicted octanol–water partition coefficient (Wildman–Crippen LogP) is 3.14. The third-order valence-corrected chi connectivity index (χ3v) is 3.03. The van der Waals surface area contributed by atoms with Crippen molar-refractivity contribution in [1.82, 2.24) is 10.2 Å². The summed E-state index contributed by atoms with van der Waals surface area (Å²) < 4.78 is 37.7. The number of hydrogen-bond donors (Lipinski definition) is 1. The van der Waals surface area contributed by atoms with E-state index < -0.39 is 11.7 Å². The highest BCUT2D eigenvalue weighted by molar-refractivity contribution is 5.25. The molecule has 0 amide bonds. The Labute approximate surface area is 112 Å². The molecule has 1 aromatic carbocycles. The van der Waals surface area contributed by atoms with Crippen molar-refractivity contribution in [3.05, 3.63) is 35.4 Å². The minimum atomic E-state index is -4.27. The van der Waals surface area contributed by atoms with Gasteiger partial charge in [-0.2, -0.15) is 13.2 Å². The van der Waals surface area contributed by atoms with Crippen LogP contribution in [0.5, 0.6) is 0 Å². The monoisotopic (exact) mass is 274 g/mol. The number of rotatable bonds is 6. The SMILES string of the molecule is CCN(C)CC(C)NCc1cccc(C(F)(F)F)c1. The number of nitrogens with zero attached hydrogens (tertiary/aromatic N) is 1. The van der Waals surface area contributed by atoms with Crippen molar-refractivity contribution in [1.29, 1.82) is 0 Å². The summed E-state index contributed by atoms with van der Waals surface area (Å²) in [6.45, 7) is 6.37. The van der Waals surface area contributed by atoms with Crippen molar-refractivity contribution in [2.24, 2.45) is 0 Å². The molecule has 1 unspecified atom stereocenters. The van der Waals surface area contributed by atoms with E-state index in [4.69, 9.17) is 0 Å². The fraction of sp³-hybridized carbons (Fsp3) is 0.571. The average Bonchev–Trinajstić information content (AvgIpc) is 2.35. The first-order valence-electron chi connectivity index (χ1n) is 6.41. The van der Waals surface area contributed by atoms with E-state index in [9.17, 15) is 13.2 Å². The van der Waals surface area contributed by atoms with Crippen molar-refractivity contribution in [3.8, 4) is 0 Å². The van der Waals surface area contributed by atoms with E-state index >= 15 is 0 Å². The highest BCUT2D eigenvalue weighted by Crippen LogP contribution is 2.29. The zero-order chi connectivity index (χ0) is 14.5. The van der Waals surface area contributed by atoms with Gasteiger partial charge >= 0.3 is 6.18 Å². The third-order valence-electron chi connectivity index (χ3n) is 3.03. The van der Waals surface area contributed by atoms with Gasteiger partial charge in [-0.25, -0.2) is 0 Å². The van der Waals surface area contributed by atoms with Crippen LogP contribution in [-0.4, -0.2) is 31.1 Å². The van der Waals surface area contributed by atoms with E-state index in [1.807, 2.05) is 14.0 Å². The highest BCUT2D eigenvalue weighted by atomic mass is 19.4. The molecule has 0 heterocycles. The number of alkyl halides is 3. The summed E-state index contributed by atoms with van der Waals surface area (Å²) in [5, 5.41) is 3.23. The van der Waals surface area contributed by atoms with Gasteiger partial charge in [0, 0.05) is 19.1 Å². The van der Waals surface area contributed by atoms with Crippen LogP contribution in [0.25, 0.3) is 0 Å². The molecule has 1 atom stereocenters. The van der Waals surface area contributed by atoms with Gasteiger partial charge in [0.2, 0.25) is 0 Å². The van der Waals surface area contributed by atoms with Gasteiger partial charge in [-0.05, 0) is 32.1 Å². The summed E-state index contributed by atoms with van der Waals surface area (Å²) in [5.41, 5.74) is 0.0611. The zero-order valence-corrected chi connectivity index (χ0v) is 11.6. The third kappa shape index (κ3) is 5.61. The zero-order valence-electron chi connectivity index (χ0n) is 11.6. The first kappa shape index (κ1) is 16.0. The second-order valence-electron chi connectivity index (χ2n) is 4.83. The van der Waals surface area contributed by atoms with Crippen LogP contribution >= 0.6 is 0 Å². The molecule has 0 fully saturated rings. The van der Waals surface area contributed by atoms with E-state index in [2.05, 4.69) is 17.1 Å². The van der Waals surface area contributed by atoms with Crippen LogP contribution in [0.1, 0.15) is 25.0 Å². The molecule has 1 N–H and O–H groups in total. The lowest BCUT2D eigenvalue weighted by atomic mass is 10.1. The Bertz CT molecular complexity index is 391. The fourth-order valence-corrected chi connectivity index (χ4v) is 1.81. The van der Waals surface area contributed by atoms with E-state index in [0.29, 0.717) is 12.1 Å². The van der Waals surface area contributed by atoms with Gasteiger partial charge < -0.3 is 10.2 Å². The molecule has 0 bridgehead atoms. The number of nitrogens with one attached hydrogen (secondary N) is 1. The lowest BCUT2D eigenvalue weighted by molar-refractivity contribution is -0.137. The lowest BCUT2D eigenvalue weighted by Gasteiger charge is -2.21. The van der Waals surface area contributed by atoms with Gasteiger partial charge in [0.25, 0.3) is 0 Å². The topological polar surface area (TPSA) is 15.3 Å². The Morgan fingerprint density at radius 3 is 2.58 bits per heavy atom. The van der Waals surface area contributed by atoms with Crippen molar-refractivity contribution in [2.75, 3.05) is 20.1 Å². The Balaban J connectivity index is 2.54. The second kappa shape index (κ2) is 6.91. The van der Waals surface area contributed by atoms with Crippen molar-refractivity contribution >= 4 is 0 Å². The molecule has 5 heteroatoms. The molecule has 0 aromatic heterocycles. The summed E-state index contributed by atoms with van der Waals surface area (Å²) in [5.74, 6) is 0. The molecule has 0 aliphatic carbocycles. The molecule has 19 heavy (non-hydrogen) atoms. The van der Waals surface area contributed by atoms with Crippen molar-refractivity contribution < 1.29 is 13.2 Å². The molecular formula is C14H21F3N2. The van der Waals surface area contributed by atoms with Gasteiger partial charge in [-0.3, -0.25) is 0 Å². The molecule has 2 nitrogen and oxygen atoms in total. The molecule has 0 aliphatic rings. The van der Waals surface area contributed by atoms with Crippen LogP contribution in [-0.2, 0) is 12.7 Å². The summed E-state index contributed by atoms with van der Waals surface area (Å²) in [6.07, 6.45) is -4.27. The standard InChI is InChI=1S/C14H21F3N2/c1-4-19(3)10-11(2)18-9-12-6-5-7-13(8-12)14(15,16)17/h5-8,11,18H,4,9-10H2,1-3H3. The van der Waals surface area contributed by atoms with E-state index in [-0.39, 0.29) is 6.04 Å². The number of halogens is 3. The maximum atomic E-state index is 12.6. The first-order chi connectivity index (χ1) is 8.82. The molecular weight excluding hydrogens is 253 g/mol. The van der Waals surface area contributed by atoms with Crippen LogP contribution in [0.4, 0.5) is 13.2 Å². The number of likely N-dealkylation sites (N-methyl/N-ethyl adjacent to an activating group) is 1. The van der Waals surface area contributed by atoms with Gasteiger partial charge in [-0.1, -0.05) is 25.1 Å². The average molecular weight is 274 g/mol. The fourth-order valence-electron chi connectivity index (χ4n) is 1.81. The van der Waals surface area contributed by atoms with Crippen LogP contribution in [0.3, 0.4) is 0 Å². The Kier molecular flexibility index (Phi) is 5.82. The van der Waals surface area contributed by atoms with Crippen LogP contribution in [0, 0.1) is 0 Å². The Morgan fingerprint density at radius 1 is 1.32 bits per heavy atom. The molecule has 0 radical (unpaired) electrons. The van der Waals surface area contributed by atoms with Crippen LogP contribution < -0.4 is 5.32 Å². The first-order valence-corrected chi connectivity index (χ1v) is 6.41. The summed E-state index contributed by atoms with van der Waals surface area (Å²) in [4.78, 5) is 2.16. The van der Waals surface area contributed by atoms with Gasteiger partial charge in [0.1, 0.15) is 0 Å². The highest BCUT2D eigenvalue weighted by Gasteiger charge is 2.30. The van der Waals surface area contributed by atoms with Crippen molar-refractivity contribution in [2.45, 2.75) is 32.6 Å². The van der Waals surface area contributed by atoms with Gasteiger partial charge in [0.15, 0.2) is 0 Å². The maximum Gasteiger partial charge on any atom is 0.416 e. The predicted molar refractivity (Wildman–Crippen MR) is 70.9 cm³/mol. The van der Waals surface area contributed by atoms with Crippen LogP contribution in [0.15, 0.2) is 24.3 Å². The molecule has 0 aliphatic heterocycles. The van der Waals surface area contributed by atoms with E-state index in [1.165, 1.54) is 12.1 Å². The lowest BCUT2D eigenvalue weighted by Crippen LogP contribution is -2.36. The van der Waals surface area contributed by atoms with E-state index in [1.54, 1.807) is 6.07 Å². The van der Waals surface area contributed by atoms with Crippen LogP contribution in [0.2, 0.25) is 0 Å². The van der Waals surface area contributed by atoms with Gasteiger partial charge in [-0.15, -0.1) is 0 Å². The molecule has 0 saturated heterocycles. The quantitative estimate of drug-likeness (QED) is 0.857. The number of benzene rings is 1. The van der Waals surface area contributed by atoms with Crippen molar-refractivity contribution in [3.63, 3.8) is 0 Å². The molecule has 1 aromatic rings.